The Morgan fingerprint density at radius 2 is 1.85 bits per heavy atom. The van der Waals surface area contributed by atoms with E-state index in [9.17, 15) is 8.78 Å². The molecule has 0 unspecified atom stereocenters. The van der Waals surface area contributed by atoms with Crippen LogP contribution in [0.1, 0.15) is 28.4 Å². The average Bonchev–Trinajstić information content (AvgIpc) is 2.66. The Bertz CT molecular complexity index is 1000. The first-order chi connectivity index (χ1) is 13.0. The van der Waals surface area contributed by atoms with E-state index in [-0.39, 0.29) is 17.1 Å². The smallest absolute Gasteiger partial charge is 0.142 e. The second kappa shape index (κ2) is 8.45. The Hall–Kier alpha value is -2.52. The summed E-state index contributed by atoms with van der Waals surface area (Å²) in [6, 6.07) is 13.6. The van der Waals surface area contributed by atoms with E-state index in [1.165, 1.54) is 30.5 Å². The summed E-state index contributed by atoms with van der Waals surface area (Å²) in [4.78, 5) is 4.30. The number of rotatable bonds is 5. The molecule has 0 saturated carbocycles. The molecule has 0 fully saturated rings. The van der Waals surface area contributed by atoms with Gasteiger partial charge in [0.2, 0.25) is 0 Å². The Balaban J connectivity index is 1.90. The lowest BCUT2D eigenvalue weighted by molar-refractivity contribution is 0.574. The summed E-state index contributed by atoms with van der Waals surface area (Å²) in [5, 5.41) is 12.6. The van der Waals surface area contributed by atoms with E-state index in [4.69, 9.17) is 28.5 Å². The minimum absolute atomic E-state index is 0.0190. The van der Waals surface area contributed by atoms with Crippen LogP contribution in [0.5, 0.6) is 0 Å². The molecule has 0 amide bonds. The van der Waals surface area contributed by atoms with E-state index in [1.54, 1.807) is 30.3 Å². The molecule has 1 aromatic heterocycles. The summed E-state index contributed by atoms with van der Waals surface area (Å²) >= 11 is 11.7. The zero-order valence-electron chi connectivity index (χ0n) is 13.9. The largest absolute Gasteiger partial charge is 0.301 e. The quantitative estimate of drug-likeness (QED) is 0.618. The van der Waals surface area contributed by atoms with Gasteiger partial charge in [0.25, 0.3) is 0 Å². The lowest BCUT2D eigenvalue weighted by atomic mass is 10.0. The van der Waals surface area contributed by atoms with Gasteiger partial charge in [0.15, 0.2) is 0 Å². The number of hydrogen-bond acceptors (Lipinski definition) is 3. The van der Waals surface area contributed by atoms with Crippen molar-refractivity contribution in [1.82, 2.24) is 10.3 Å². The van der Waals surface area contributed by atoms with Crippen LogP contribution in [-0.2, 0) is 6.54 Å². The third kappa shape index (κ3) is 4.61. The average molecular weight is 404 g/mol. The number of halogens is 4. The molecule has 3 aromatic rings. The number of nitrogens with zero attached hydrogens (tertiary/aromatic N) is 2. The molecule has 0 aliphatic heterocycles. The standard InChI is InChI=1S/C20H13Cl2F2N3/c21-15-4-6-19(26-11-15)20(13-3-5-16(22)18(24)8-13)27-10-12-1-2-14(9-25)17(23)7-12/h1-8,11,20,27H,10H2/t20-/m0/s1. The minimum Gasteiger partial charge on any atom is -0.301 e. The number of benzene rings is 2. The zero-order chi connectivity index (χ0) is 19.4. The second-order valence-electron chi connectivity index (χ2n) is 5.81. The van der Waals surface area contributed by atoms with Gasteiger partial charge in [-0.1, -0.05) is 35.3 Å². The van der Waals surface area contributed by atoms with Gasteiger partial charge in [-0.05, 0) is 47.5 Å². The first kappa shape index (κ1) is 19.2. The monoisotopic (exact) mass is 403 g/mol. The van der Waals surface area contributed by atoms with Gasteiger partial charge >= 0.3 is 0 Å². The lowest BCUT2D eigenvalue weighted by Gasteiger charge is -2.19. The van der Waals surface area contributed by atoms with Gasteiger partial charge in [-0.3, -0.25) is 4.98 Å². The molecule has 1 atom stereocenters. The highest BCUT2D eigenvalue weighted by atomic mass is 35.5. The van der Waals surface area contributed by atoms with E-state index in [0.29, 0.717) is 21.8 Å². The van der Waals surface area contributed by atoms with Crippen molar-refractivity contribution in [1.29, 1.82) is 5.26 Å². The first-order valence-corrected chi connectivity index (χ1v) is 8.72. The highest BCUT2D eigenvalue weighted by Crippen LogP contribution is 2.26. The van der Waals surface area contributed by atoms with Crippen molar-refractivity contribution in [3.63, 3.8) is 0 Å². The van der Waals surface area contributed by atoms with Crippen LogP contribution in [0.2, 0.25) is 10.0 Å². The summed E-state index contributed by atoms with van der Waals surface area (Å²) in [5.41, 5.74) is 1.85. The predicted molar refractivity (Wildman–Crippen MR) is 100 cm³/mol. The number of nitrogens with one attached hydrogen (secondary N) is 1. The van der Waals surface area contributed by atoms with Gasteiger partial charge in [-0.2, -0.15) is 5.26 Å². The van der Waals surface area contributed by atoms with Crippen LogP contribution in [-0.4, -0.2) is 4.98 Å². The summed E-state index contributed by atoms with van der Waals surface area (Å²) in [5.74, 6) is -1.13. The van der Waals surface area contributed by atoms with Gasteiger partial charge < -0.3 is 5.32 Å². The maximum absolute atomic E-state index is 13.9. The normalized spacial score (nSPS) is 11.8. The fourth-order valence-corrected chi connectivity index (χ4v) is 2.85. The van der Waals surface area contributed by atoms with Crippen molar-refractivity contribution in [3.05, 3.63) is 98.8 Å². The van der Waals surface area contributed by atoms with Crippen LogP contribution in [0.15, 0.2) is 54.7 Å². The van der Waals surface area contributed by atoms with E-state index in [0.717, 1.165) is 0 Å². The summed E-state index contributed by atoms with van der Waals surface area (Å²) < 4.78 is 27.8. The molecular weight excluding hydrogens is 391 g/mol. The molecule has 3 rings (SSSR count). The summed E-state index contributed by atoms with van der Waals surface area (Å²) in [6.45, 7) is 0.280. The Kier molecular flexibility index (Phi) is 6.02. The topological polar surface area (TPSA) is 48.7 Å². The predicted octanol–water partition coefficient (Wildman–Crippen LogP) is 5.42. The highest BCUT2D eigenvalue weighted by molar-refractivity contribution is 6.30. The van der Waals surface area contributed by atoms with Gasteiger partial charge in [-0.15, -0.1) is 0 Å². The van der Waals surface area contributed by atoms with Crippen LogP contribution < -0.4 is 5.32 Å². The Labute approximate surface area is 165 Å². The second-order valence-corrected chi connectivity index (χ2v) is 6.66. The summed E-state index contributed by atoms with van der Waals surface area (Å²) in [7, 11) is 0. The van der Waals surface area contributed by atoms with Crippen LogP contribution in [0.25, 0.3) is 0 Å². The van der Waals surface area contributed by atoms with Crippen LogP contribution in [0.3, 0.4) is 0 Å². The molecule has 1 heterocycles. The van der Waals surface area contributed by atoms with Crippen molar-refractivity contribution in [3.8, 4) is 6.07 Å². The third-order valence-corrected chi connectivity index (χ3v) is 4.52. The number of hydrogen-bond donors (Lipinski definition) is 1. The van der Waals surface area contributed by atoms with Crippen LogP contribution in [0, 0.1) is 23.0 Å². The van der Waals surface area contributed by atoms with Gasteiger partial charge in [-0.25, -0.2) is 8.78 Å². The molecule has 1 N–H and O–H groups in total. The van der Waals surface area contributed by atoms with Crippen molar-refractivity contribution < 1.29 is 8.78 Å². The highest BCUT2D eigenvalue weighted by Gasteiger charge is 2.17. The SMILES string of the molecule is N#Cc1ccc(CN[C@@H](c2ccc(Cl)c(F)c2)c2ccc(Cl)cn2)cc1F. The lowest BCUT2D eigenvalue weighted by Crippen LogP contribution is -2.23. The molecule has 0 saturated heterocycles. The number of aromatic nitrogens is 1. The van der Waals surface area contributed by atoms with Crippen molar-refractivity contribution >= 4 is 23.2 Å². The fraction of sp³-hybridized carbons (Fsp3) is 0.100. The molecule has 0 aliphatic rings. The Morgan fingerprint density at radius 1 is 1.04 bits per heavy atom. The van der Waals surface area contributed by atoms with Crippen molar-refractivity contribution in [2.75, 3.05) is 0 Å². The van der Waals surface area contributed by atoms with E-state index < -0.39 is 17.7 Å². The molecule has 0 radical (unpaired) electrons. The van der Waals surface area contributed by atoms with E-state index in [2.05, 4.69) is 10.3 Å². The van der Waals surface area contributed by atoms with Gasteiger partial charge in [0.05, 0.1) is 27.3 Å². The fourth-order valence-electron chi connectivity index (χ4n) is 2.62. The molecule has 0 aliphatic carbocycles. The van der Waals surface area contributed by atoms with Crippen LogP contribution in [0.4, 0.5) is 8.78 Å². The van der Waals surface area contributed by atoms with Crippen molar-refractivity contribution in [2.24, 2.45) is 0 Å². The number of pyridine rings is 1. The molecule has 0 bridgehead atoms. The summed E-state index contributed by atoms with van der Waals surface area (Å²) in [6.07, 6.45) is 1.50. The van der Waals surface area contributed by atoms with Gasteiger partial charge in [0.1, 0.15) is 17.7 Å². The van der Waals surface area contributed by atoms with Gasteiger partial charge in [0, 0.05) is 12.7 Å². The third-order valence-electron chi connectivity index (χ3n) is 3.99. The Morgan fingerprint density at radius 3 is 2.48 bits per heavy atom. The first-order valence-electron chi connectivity index (χ1n) is 7.96. The molecule has 3 nitrogen and oxygen atoms in total. The molecule has 136 valence electrons. The number of nitriles is 1. The maximum Gasteiger partial charge on any atom is 0.142 e. The molecule has 2 aromatic carbocycles. The molecule has 7 heteroatoms. The molecule has 27 heavy (non-hydrogen) atoms. The molecule has 0 spiro atoms. The molecular formula is C20H13Cl2F2N3. The van der Waals surface area contributed by atoms with Crippen molar-refractivity contribution in [2.45, 2.75) is 12.6 Å². The van der Waals surface area contributed by atoms with Crippen LogP contribution >= 0.6 is 23.2 Å². The maximum atomic E-state index is 13.9. The minimum atomic E-state index is -0.587. The van der Waals surface area contributed by atoms with E-state index >= 15 is 0 Å². The van der Waals surface area contributed by atoms with E-state index in [1.807, 2.05) is 0 Å². The zero-order valence-corrected chi connectivity index (χ0v) is 15.4.